The molecule has 0 aliphatic carbocycles. The Hall–Kier alpha value is -1.90. The molecule has 0 atom stereocenters. The number of hydrogen-bond donors (Lipinski definition) is 1. The van der Waals surface area contributed by atoms with Gasteiger partial charge in [-0.1, -0.05) is 38.1 Å². The summed E-state index contributed by atoms with van der Waals surface area (Å²) >= 11 is 0. The molecule has 0 amide bonds. The highest BCUT2D eigenvalue weighted by Gasteiger charge is 2.03. The first-order valence-corrected chi connectivity index (χ1v) is 6.38. The SMILES string of the molecule is CCNc1nccc(-c2ccc(C(C)C)cc2)n1. The van der Waals surface area contributed by atoms with Crippen LogP contribution in [0.5, 0.6) is 0 Å². The average Bonchev–Trinajstić information content (AvgIpc) is 2.39. The van der Waals surface area contributed by atoms with Crippen LogP contribution in [-0.4, -0.2) is 16.5 Å². The van der Waals surface area contributed by atoms with E-state index in [-0.39, 0.29) is 0 Å². The van der Waals surface area contributed by atoms with E-state index in [1.165, 1.54) is 5.56 Å². The van der Waals surface area contributed by atoms with E-state index in [1.54, 1.807) is 6.20 Å². The van der Waals surface area contributed by atoms with Gasteiger partial charge in [0.15, 0.2) is 0 Å². The third-order valence-electron chi connectivity index (χ3n) is 2.86. The fraction of sp³-hybridized carbons (Fsp3) is 0.333. The van der Waals surface area contributed by atoms with E-state index in [0.29, 0.717) is 11.9 Å². The van der Waals surface area contributed by atoms with Crippen molar-refractivity contribution in [1.82, 2.24) is 9.97 Å². The van der Waals surface area contributed by atoms with Crippen molar-refractivity contribution in [3.8, 4) is 11.3 Å². The Labute approximate surface area is 108 Å². The zero-order valence-corrected chi connectivity index (χ0v) is 11.1. The predicted molar refractivity (Wildman–Crippen MR) is 75.7 cm³/mol. The molecule has 0 aliphatic heterocycles. The van der Waals surface area contributed by atoms with Gasteiger partial charge in [-0.25, -0.2) is 9.97 Å². The van der Waals surface area contributed by atoms with E-state index >= 15 is 0 Å². The molecule has 0 aliphatic rings. The molecule has 3 heteroatoms. The van der Waals surface area contributed by atoms with Crippen LogP contribution in [0.2, 0.25) is 0 Å². The first-order valence-electron chi connectivity index (χ1n) is 6.38. The lowest BCUT2D eigenvalue weighted by atomic mass is 10.0. The summed E-state index contributed by atoms with van der Waals surface area (Å²) in [7, 11) is 0. The van der Waals surface area contributed by atoms with Gasteiger partial charge in [0.2, 0.25) is 5.95 Å². The van der Waals surface area contributed by atoms with E-state index in [1.807, 2.05) is 13.0 Å². The molecule has 0 saturated carbocycles. The summed E-state index contributed by atoms with van der Waals surface area (Å²) in [5.74, 6) is 1.24. The second-order valence-corrected chi connectivity index (χ2v) is 4.57. The average molecular weight is 241 g/mol. The predicted octanol–water partition coefficient (Wildman–Crippen LogP) is 3.70. The Morgan fingerprint density at radius 3 is 2.44 bits per heavy atom. The lowest BCUT2D eigenvalue weighted by Gasteiger charge is -2.07. The molecule has 0 radical (unpaired) electrons. The molecule has 1 N–H and O–H groups in total. The van der Waals surface area contributed by atoms with Crippen LogP contribution in [0, 0.1) is 0 Å². The highest BCUT2D eigenvalue weighted by Crippen LogP contribution is 2.21. The maximum atomic E-state index is 4.49. The van der Waals surface area contributed by atoms with Gasteiger partial charge < -0.3 is 5.32 Å². The van der Waals surface area contributed by atoms with Crippen LogP contribution >= 0.6 is 0 Å². The van der Waals surface area contributed by atoms with Crippen LogP contribution in [-0.2, 0) is 0 Å². The van der Waals surface area contributed by atoms with E-state index < -0.39 is 0 Å². The van der Waals surface area contributed by atoms with Crippen LogP contribution < -0.4 is 5.32 Å². The van der Waals surface area contributed by atoms with Gasteiger partial charge in [-0.2, -0.15) is 0 Å². The van der Waals surface area contributed by atoms with E-state index in [9.17, 15) is 0 Å². The van der Waals surface area contributed by atoms with Crippen molar-refractivity contribution >= 4 is 5.95 Å². The second-order valence-electron chi connectivity index (χ2n) is 4.57. The summed E-state index contributed by atoms with van der Waals surface area (Å²) in [6, 6.07) is 10.5. The molecule has 0 fully saturated rings. The quantitative estimate of drug-likeness (QED) is 0.887. The van der Waals surface area contributed by atoms with Crippen LogP contribution in [0.4, 0.5) is 5.95 Å². The van der Waals surface area contributed by atoms with Gasteiger partial charge in [0.25, 0.3) is 0 Å². The fourth-order valence-electron chi connectivity index (χ4n) is 1.80. The lowest BCUT2D eigenvalue weighted by Crippen LogP contribution is -2.02. The summed E-state index contributed by atoms with van der Waals surface area (Å²) in [4.78, 5) is 8.66. The Kier molecular flexibility index (Phi) is 3.92. The number of hydrogen-bond acceptors (Lipinski definition) is 3. The van der Waals surface area contributed by atoms with Gasteiger partial charge in [-0.3, -0.25) is 0 Å². The third kappa shape index (κ3) is 2.86. The zero-order chi connectivity index (χ0) is 13.0. The molecule has 2 aromatic rings. The molecule has 2 rings (SSSR count). The molecule has 0 bridgehead atoms. The van der Waals surface area contributed by atoms with Crippen molar-refractivity contribution in [1.29, 1.82) is 0 Å². The number of anilines is 1. The minimum absolute atomic E-state index is 0.557. The first-order chi connectivity index (χ1) is 8.70. The maximum Gasteiger partial charge on any atom is 0.223 e. The van der Waals surface area contributed by atoms with Gasteiger partial charge in [-0.05, 0) is 24.5 Å². The molecule has 1 aromatic carbocycles. The monoisotopic (exact) mass is 241 g/mol. The van der Waals surface area contributed by atoms with Crippen LogP contribution in [0.1, 0.15) is 32.3 Å². The van der Waals surface area contributed by atoms with E-state index in [4.69, 9.17) is 0 Å². The highest BCUT2D eigenvalue weighted by atomic mass is 15.1. The Bertz CT molecular complexity index is 503. The molecule has 0 spiro atoms. The summed E-state index contributed by atoms with van der Waals surface area (Å²) in [6.45, 7) is 7.26. The molecule has 94 valence electrons. The molecule has 0 saturated heterocycles. The minimum atomic E-state index is 0.557. The van der Waals surface area contributed by atoms with Crippen molar-refractivity contribution in [3.05, 3.63) is 42.1 Å². The van der Waals surface area contributed by atoms with Crippen molar-refractivity contribution < 1.29 is 0 Å². The third-order valence-corrected chi connectivity index (χ3v) is 2.86. The number of benzene rings is 1. The molecule has 3 nitrogen and oxygen atoms in total. The summed E-state index contributed by atoms with van der Waals surface area (Å²) in [5.41, 5.74) is 3.43. The topological polar surface area (TPSA) is 37.8 Å². The Morgan fingerprint density at radius 1 is 1.11 bits per heavy atom. The standard InChI is InChI=1S/C15H19N3/c1-4-16-15-17-10-9-14(18-15)13-7-5-12(6-8-13)11(2)3/h5-11H,4H2,1-3H3,(H,16,17,18). The van der Waals surface area contributed by atoms with Gasteiger partial charge in [0, 0.05) is 18.3 Å². The maximum absolute atomic E-state index is 4.49. The smallest absolute Gasteiger partial charge is 0.223 e. The van der Waals surface area contributed by atoms with Crippen LogP contribution in [0.3, 0.4) is 0 Å². The van der Waals surface area contributed by atoms with E-state index in [0.717, 1.165) is 17.8 Å². The lowest BCUT2D eigenvalue weighted by molar-refractivity contribution is 0.867. The molecule has 0 unspecified atom stereocenters. The number of aromatic nitrogens is 2. The van der Waals surface area contributed by atoms with Gasteiger partial charge in [0.05, 0.1) is 5.69 Å². The highest BCUT2D eigenvalue weighted by molar-refractivity contribution is 5.60. The fourth-order valence-corrected chi connectivity index (χ4v) is 1.80. The summed E-state index contributed by atoms with van der Waals surface area (Å²) in [5, 5.41) is 3.13. The molecule has 1 aromatic heterocycles. The molecular formula is C15H19N3. The van der Waals surface area contributed by atoms with Gasteiger partial charge >= 0.3 is 0 Å². The van der Waals surface area contributed by atoms with Crippen molar-refractivity contribution in [2.75, 3.05) is 11.9 Å². The largest absolute Gasteiger partial charge is 0.354 e. The van der Waals surface area contributed by atoms with Crippen molar-refractivity contribution in [2.45, 2.75) is 26.7 Å². The number of rotatable bonds is 4. The number of nitrogens with zero attached hydrogens (tertiary/aromatic N) is 2. The van der Waals surface area contributed by atoms with Crippen LogP contribution in [0.15, 0.2) is 36.5 Å². The number of nitrogens with one attached hydrogen (secondary N) is 1. The summed E-state index contributed by atoms with van der Waals surface area (Å²) < 4.78 is 0. The Balaban J connectivity index is 2.27. The molecular weight excluding hydrogens is 222 g/mol. The minimum Gasteiger partial charge on any atom is -0.354 e. The second kappa shape index (κ2) is 5.63. The van der Waals surface area contributed by atoms with Crippen molar-refractivity contribution in [2.24, 2.45) is 0 Å². The first kappa shape index (κ1) is 12.6. The normalized spacial score (nSPS) is 10.7. The summed E-state index contributed by atoms with van der Waals surface area (Å²) in [6.07, 6.45) is 1.79. The zero-order valence-electron chi connectivity index (χ0n) is 11.1. The van der Waals surface area contributed by atoms with Crippen molar-refractivity contribution in [3.63, 3.8) is 0 Å². The Morgan fingerprint density at radius 2 is 1.83 bits per heavy atom. The van der Waals surface area contributed by atoms with Gasteiger partial charge in [-0.15, -0.1) is 0 Å². The molecule has 1 heterocycles. The molecule has 18 heavy (non-hydrogen) atoms. The van der Waals surface area contributed by atoms with Gasteiger partial charge in [0.1, 0.15) is 0 Å². The van der Waals surface area contributed by atoms with E-state index in [2.05, 4.69) is 53.4 Å². The van der Waals surface area contributed by atoms with Crippen LogP contribution in [0.25, 0.3) is 11.3 Å².